The van der Waals surface area contributed by atoms with Crippen LogP contribution in [0.3, 0.4) is 0 Å². The third-order valence-corrected chi connectivity index (χ3v) is 7.16. The fourth-order valence-electron chi connectivity index (χ4n) is 5.56. The molecule has 0 aromatic rings. The Labute approximate surface area is 169 Å². The number of halogens is 2. The van der Waals surface area contributed by atoms with Gasteiger partial charge in [-0.15, -0.1) is 0 Å². The first-order valence-corrected chi connectivity index (χ1v) is 10.4. The molecule has 0 aromatic carbocycles. The van der Waals surface area contributed by atoms with Gasteiger partial charge in [-0.2, -0.15) is 8.78 Å². The molecule has 4 rings (SSSR count). The summed E-state index contributed by atoms with van der Waals surface area (Å²) in [5.41, 5.74) is -2.46. The van der Waals surface area contributed by atoms with E-state index in [2.05, 4.69) is 6.58 Å². The van der Waals surface area contributed by atoms with E-state index in [1.807, 2.05) is 0 Å². The minimum atomic E-state index is -3.57. The Morgan fingerprint density at radius 2 is 1.86 bits per heavy atom. The van der Waals surface area contributed by atoms with Gasteiger partial charge in [-0.25, -0.2) is 4.79 Å². The van der Waals surface area contributed by atoms with Gasteiger partial charge in [-0.05, 0) is 40.0 Å². The van der Waals surface area contributed by atoms with E-state index in [0.29, 0.717) is 31.3 Å². The predicted octanol–water partition coefficient (Wildman–Crippen LogP) is 3.11. The van der Waals surface area contributed by atoms with Crippen LogP contribution in [-0.4, -0.2) is 58.9 Å². The smallest absolute Gasteiger partial charge is 0.333 e. The molecule has 1 saturated carbocycles. The lowest BCUT2D eigenvalue weighted by atomic mass is 9.74. The van der Waals surface area contributed by atoms with E-state index >= 15 is 0 Å². The van der Waals surface area contributed by atoms with Crippen molar-refractivity contribution in [3.8, 4) is 0 Å². The van der Waals surface area contributed by atoms with Gasteiger partial charge in [0.15, 0.2) is 5.60 Å². The van der Waals surface area contributed by atoms with E-state index in [0.717, 1.165) is 19.8 Å². The Morgan fingerprint density at radius 1 is 1.21 bits per heavy atom. The average molecular weight is 416 g/mol. The molecule has 3 saturated heterocycles. The molecule has 2 bridgehead atoms. The normalized spacial score (nSPS) is 44.9. The fraction of sp³-hybridized carbons (Fsp3) is 0.857. The number of esters is 1. The second kappa shape index (κ2) is 6.70. The molecule has 0 radical (unpaired) electrons. The standard InChI is InChI=1S/C21H30F2O6/c1-12(2)17(24)28-15-10-13-9-14(16(15)27-13)20(7-5-6-8-20)29-18(3)11-26-19(4,25)21(18,22)23/h13-16,25H,1,5-11H2,2-4H3. The third-order valence-electron chi connectivity index (χ3n) is 7.16. The summed E-state index contributed by atoms with van der Waals surface area (Å²) in [5, 5.41) is 10.0. The van der Waals surface area contributed by atoms with Crippen LogP contribution in [0.25, 0.3) is 0 Å². The van der Waals surface area contributed by atoms with Crippen LogP contribution < -0.4 is 0 Å². The summed E-state index contributed by atoms with van der Waals surface area (Å²) in [5.74, 6) is -6.78. The molecule has 6 nitrogen and oxygen atoms in total. The fourth-order valence-corrected chi connectivity index (χ4v) is 5.56. The van der Waals surface area contributed by atoms with Crippen molar-refractivity contribution in [3.05, 3.63) is 12.2 Å². The molecule has 8 heteroatoms. The van der Waals surface area contributed by atoms with Crippen molar-refractivity contribution < 1.29 is 37.6 Å². The molecule has 29 heavy (non-hydrogen) atoms. The summed E-state index contributed by atoms with van der Waals surface area (Å²) in [7, 11) is 0. The summed E-state index contributed by atoms with van der Waals surface area (Å²) >= 11 is 0. The predicted molar refractivity (Wildman–Crippen MR) is 98.3 cm³/mol. The first-order valence-electron chi connectivity index (χ1n) is 10.4. The maximum absolute atomic E-state index is 15.0. The number of hydrogen-bond donors (Lipinski definition) is 1. The summed E-state index contributed by atoms with van der Waals surface area (Å²) in [4.78, 5) is 12.0. The Morgan fingerprint density at radius 3 is 2.38 bits per heavy atom. The Hall–Kier alpha value is -1.09. The van der Waals surface area contributed by atoms with Crippen LogP contribution >= 0.6 is 0 Å². The van der Waals surface area contributed by atoms with Gasteiger partial charge in [0, 0.05) is 17.9 Å². The largest absolute Gasteiger partial charge is 0.456 e. The van der Waals surface area contributed by atoms with Gasteiger partial charge in [-0.1, -0.05) is 19.4 Å². The maximum atomic E-state index is 15.0. The van der Waals surface area contributed by atoms with Crippen molar-refractivity contribution in [1.82, 2.24) is 0 Å². The molecule has 6 atom stereocenters. The average Bonchev–Trinajstić information content (AvgIpc) is 3.37. The molecule has 0 aromatic heterocycles. The number of alkyl halides is 2. The molecule has 0 spiro atoms. The van der Waals surface area contributed by atoms with Gasteiger partial charge >= 0.3 is 11.9 Å². The first-order chi connectivity index (χ1) is 13.4. The molecule has 3 aliphatic heterocycles. The van der Waals surface area contributed by atoms with E-state index < -0.39 is 41.6 Å². The van der Waals surface area contributed by atoms with Crippen LogP contribution in [0.1, 0.15) is 59.3 Å². The highest BCUT2D eigenvalue weighted by molar-refractivity contribution is 5.87. The molecular weight excluding hydrogens is 386 g/mol. The van der Waals surface area contributed by atoms with Crippen LogP contribution in [0.4, 0.5) is 8.78 Å². The lowest BCUT2D eigenvalue weighted by Gasteiger charge is -2.46. The number of fused-ring (bicyclic) bond motifs is 2. The zero-order valence-electron chi connectivity index (χ0n) is 17.2. The van der Waals surface area contributed by atoms with Crippen LogP contribution in [0.2, 0.25) is 0 Å². The van der Waals surface area contributed by atoms with Gasteiger partial charge in [0.25, 0.3) is 0 Å². The molecule has 3 heterocycles. The van der Waals surface area contributed by atoms with Crippen LogP contribution in [0, 0.1) is 5.92 Å². The zero-order chi connectivity index (χ0) is 21.2. The second-order valence-corrected chi connectivity index (χ2v) is 9.48. The number of hydrogen-bond acceptors (Lipinski definition) is 6. The van der Waals surface area contributed by atoms with Crippen molar-refractivity contribution in [2.24, 2.45) is 5.92 Å². The Kier molecular flexibility index (Phi) is 4.89. The molecule has 6 unspecified atom stereocenters. The number of carbonyl (C=O) groups excluding carboxylic acids is 1. The minimum Gasteiger partial charge on any atom is -0.456 e. The van der Waals surface area contributed by atoms with Crippen molar-refractivity contribution in [2.45, 2.75) is 101 Å². The Balaban J connectivity index is 1.58. The SMILES string of the molecule is C=C(C)C(=O)OC1CC2CC(C3(OC4(C)COC(C)(O)C4(F)F)CCCC3)C1O2. The third kappa shape index (κ3) is 3.14. The van der Waals surface area contributed by atoms with E-state index in [9.17, 15) is 18.7 Å². The van der Waals surface area contributed by atoms with Crippen molar-refractivity contribution >= 4 is 5.97 Å². The molecule has 1 aliphatic carbocycles. The highest BCUT2D eigenvalue weighted by atomic mass is 19.3. The Bertz CT molecular complexity index is 701. The molecule has 4 aliphatic rings. The first kappa shape index (κ1) is 21.2. The zero-order valence-corrected chi connectivity index (χ0v) is 17.2. The maximum Gasteiger partial charge on any atom is 0.333 e. The molecular formula is C21H30F2O6. The topological polar surface area (TPSA) is 74.2 Å². The minimum absolute atomic E-state index is 0.0785. The van der Waals surface area contributed by atoms with Crippen LogP contribution in [0.15, 0.2) is 12.2 Å². The summed E-state index contributed by atoms with van der Waals surface area (Å²) in [6, 6.07) is 0. The van der Waals surface area contributed by atoms with E-state index in [1.165, 1.54) is 6.92 Å². The van der Waals surface area contributed by atoms with Crippen molar-refractivity contribution in [3.63, 3.8) is 0 Å². The molecule has 164 valence electrons. The van der Waals surface area contributed by atoms with Gasteiger partial charge < -0.3 is 24.1 Å². The van der Waals surface area contributed by atoms with Gasteiger partial charge in [-0.3, -0.25) is 0 Å². The van der Waals surface area contributed by atoms with Crippen molar-refractivity contribution in [1.29, 1.82) is 0 Å². The van der Waals surface area contributed by atoms with E-state index in [-0.39, 0.29) is 18.1 Å². The van der Waals surface area contributed by atoms with Crippen LogP contribution in [0.5, 0.6) is 0 Å². The van der Waals surface area contributed by atoms with Crippen molar-refractivity contribution in [2.75, 3.05) is 6.61 Å². The summed E-state index contributed by atoms with van der Waals surface area (Å²) in [6.45, 7) is 7.08. The monoisotopic (exact) mass is 416 g/mol. The van der Waals surface area contributed by atoms with Gasteiger partial charge in [0.1, 0.15) is 12.2 Å². The lowest BCUT2D eigenvalue weighted by molar-refractivity contribution is -0.305. The molecule has 4 fully saturated rings. The molecule has 1 N–H and O–H groups in total. The van der Waals surface area contributed by atoms with E-state index in [1.54, 1.807) is 6.92 Å². The van der Waals surface area contributed by atoms with E-state index in [4.69, 9.17) is 18.9 Å². The number of carbonyl (C=O) groups is 1. The summed E-state index contributed by atoms with van der Waals surface area (Å²) in [6.07, 6.45) is 3.36. The van der Waals surface area contributed by atoms with Crippen LogP contribution in [-0.2, 0) is 23.7 Å². The molecule has 0 amide bonds. The summed E-state index contributed by atoms with van der Waals surface area (Å²) < 4.78 is 52.9. The highest BCUT2D eigenvalue weighted by Gasteiger charge is 2.72. The number of ether oxygens (including phenoxy) is 4. The quantitative estimate of drug-likeness (QED) is 0.548. The number of rotatable bonds is 5. The second-order valence-electron chi connectivity index (χ2n) is 9.48. The highest BCUT2D eigenvalue weighted by Crippen LogP contribution is 2.57. The number of aliphatic hydroxyl groups is 1. The van der Waals surface area contributed by atoms with Gasteiger partial charge in [0.05, 0.1) is 18.3 Å². The lowest BCUT2D eigenvalue weighted by Crippen LogP contribution is -2.60. The van der Waals surface area contributed by atoms with Gasteiger partial charge in [0.2, 0.25) is 5.79 Å².